The fourth-order valence-corrected chi connectivity index (χ4v) is 11.4. The minimum absolute atomic E-state index is 0.0134. The van der Waals surface area contributed by atoms with Crippen LogP contribution in [0.3, 0.4) is 0 Å². The van der Waals surface area contributed by atoms with E-state index in [0.717, 1.165) is 19.3 Å². The Kier molecular flexibility index (Phi) is 7.23. The molecule has 0 amide bonds. The standard InChI is InChI=1S/C33H52O9/c1-17-14-33(42-29(17,2)3)32(6,39)28-23(41-33)13-20-19-11-10-18-12-21(34)24(40-26(38)9-7-8-25(36)37)16-30(18,4)27(19)22(35)15-31(20,28)5/h17-24,27-28,34-35,39H,7-16H2,1-6H3,(H,36,37)/p-1/t17-,18-,19-,20-,21-,22-,23-,24+,27+,28-,30-,31-,32+,33-/m0/s1. The van der Waals surface area contributed by atoms with Crippen LogP contribution in [0.25, 0.3) is 0 Å². The van der Waals surface area contributed by atoms with Crippen LogP contribution in [0.15, 0.2) is 0 Å². The predicted molar refractivity (Wildman–Crippen MR) is 149 cm³/mol. The summed E-state index contributed by atoms with van der Waals surface area (Å²) < 4.78 is 19.1. The Bertz CT molecular complexity index is 1110. The summed E-state index contributed by atoms with van der Waals surface area (Å²) in [6, 6.07) is 0. The molecule has 9 heteroatoms. The second kappa shape index (κ2) is 9.87. The summed E-state index contributed by atoms with van der Waals surface area (Å²) in [4.78, 5) is 23.3. The number of hydrogen-bond acceptors (Lipinski definition) is 9. The third kappa shape index (κ3) is 4.34. The van der Waals surface area contributed by atoms with E-state index in [2.05, 4.69) is 34.6 Å². The van der Waals surface area contributed by atoms with Crippen molar-refractivity contribution in [2.24, 2.45) is 46.3 Å². The maximum atomic E-state index is 12.5. The maximum absolute atomic E-state index is 12.5. The minimum Gasteiger partial charge on any atom is -0.550 e. The van der Waals surface area contributed by atoms with Gasteiger partial charge in [0.25, 0.3) is 0 Å². The van der Waals surface area contributed by atoms with E-state index in [1.54, 1.807) is 0 Å². The number of hydrogen-bond donors (Lipinski definition) is 3. The van der Waals surface area contributed by atoms with E-state index in [9.17, 15) is 30.0 Å². The third-order valence-electron chi connectivity index (χ3n) is 13.5. The van der Waals surface area contributed by atoms with Crippen LogP contribution in [0.2, 0.25) is 0 Å². The van der Waals surface area contributed by atoms with Gasteiger partial charge in [-0.05, 0) is 113 Å². The van der Waals surface area contributed by atoms with Gasteiger partial charge in [-0.2, -0.15) is 0 Å². The largest absolute Gasteiger partial charge is 0.550 e. The number of carbonyl (C=O) groups excluding carboxylic acids is 2. The highest BCUT2D eigenvalue weighted by Gasteiger charge is 2.77. The average molecular weight is 592 g/mol. The molecule has 42 heavy (non-hydrogen) atoms. The van der Waals surface area contributed by atoms with E-state index in [1.165, 1.54) is 0 Å². The van der Waals surface area contributed by atoms with Gasteiger partial charge in [0.2, 0.25) is 0 Å². The fraction of sp³-hybridized carbons (Fsp3) is 0.939. The average Bonchev–Trinajstić information content (AvgIpc) is 3.36. The van der Waals surface area contributed by atoms with Crippen molar-refractivity contribution in [3.63, 3.8) is 0 Å². The number of carboxylic acid groups (broad SMARTS) is 1. The number of aliphatic carboxylic acids is 1. The summed E-state index contributed by atoms with van der Waals surface area (Å²) in [5.74, 6) is -1.96. The van der Waals surface area contributed by atoms with Crippen molar-refractivity contribution < 1.29 is 44.2 Å². The Morgan fingerprint density at radius 2 is 1.67 bits per heavy atom. The molecule has 0 aromatic heterocycles. The van der Waals surface area contributed by atoms with Crippen LogP contribution in [0, 0.1) is 46.3 Å². The van der Waals surface area contributed by atoms with Gasteiger partial charge < -0.3 is 39.4 Å². The molecule has 0 unspecified atom stereocenters. The van der Waals surface area contributed by atoms with Crippen molar-refractivity contribution in [3.05, 3.63) is 0 Å². The van der Waals surface area contributed by atoms with Crippen molar-refractivity contribution in [1.29, 1.82) is 0 Å². The zero-order chi connectivity index (χ0) is 30.6. The summed E-state index contributed by atoms with van der Waals surface area (Å²) in [5, 5.41) is 46.0. The van der Waals surface area contributed by atoms with Crippen molar-refractivity contribution in [2.45, 2.75) is 147 Å². The lowest BCUT2D eigenvalue weighted by molar-refractivity contribution is -0.305. The summed E-state index contributed by atoms with van der Waals surface area (Å²) >= 11 is 0. The summed E-state index contributed by atoms with van der Waals surface area (Å²) in [6.45, 7) is 12.6. The van der Waals surface area contributed by atoms with Gasteiger partial charge in [0.15, 0.2) is 5.79 Å². The molecule has 238 valence electrons. The van der Waals surface area contributed by atoms with Gasteiger partial charge in [-0.15, -0.1) is 0 Å². The smallest absolute Gasteiger partial charge is 0.306 e. The highest BCUT2D eigenvalue weighted by molar-refractivity contribution is 5.71. The summed E-state index contributed by atoms with van der Waals surface area (Å²) in [5.41, 5.74) is -2.23. The Labute approximate surface area is 249 Å². The lowest BCUT2D eigenvalue weighted by Gasteiger charge is -2.63. The van der Waals surface area contributed by atoms with Crippen LogP contribution in [-0.4, -0.2) is 68.7 Å². The van der Waals surface area contributed by atoms with Gasteiger partial charge in [-0.3, -0.25) is 4.79 Å². The molecule has 4 aliphatic carbocycles. The topological polar surface area (TPSA) is 146 Å². The number of carbonyl (C=O) groups is 2. The van der Waals surface area contributed by atoms with Gasteiger partial charge in [-0.25, -0.2) is 0 Å². The Morgan fingerprint density at radius 1 is 0.952 bits per heavy atom. The van der Waals surface area contributed by atoms with Crippen LogP contribution in [0.1, 0.15) is 106 Å². The molecular weight excluding hydrogens is 540 g/mol. The first-order valence-corrected chi connectivity index (χ1v) is 16.3. The van der Waals surface area contributed by atoms with Gasteiger partial charge in [0.1, 0.15) is 11.7 Å². The van der Waals surface area contributed by atoms with Crippen LogP contribution >= 0.6 is 0 Å². The van der Waals surface area contributed by atoms with Crippen molar-refractivity contribution in [1.82, 2.24) is 0 Å². The Morgan fingerprint density at radius 3 is 2.31 bits per heavy atom. The number of carboxylic acids is 1. The highest BCUT2D eigenvalue weighted by atomic mass is 16.7. The number of aliphatic hydroxyl groups is 3. The van der Waals surface area contributed by atoms with Crippen LogP contribution in [-0.2, 0) is 23.8 Å². The zero-order valence-corrected chi connectivity index (χ0v) is 26.1. The quantitative estimate of drug-likeness (QED) is 0.411. The molecule has 2 saturated heterocycles. The number of fused-ring (bicyclic) bond motifs is 7. The minimum atomic E-state index is -1.20. The van der Waals surface area contributed by atoms with Crippen molar-refractivity contribution in [3.8, 4) is 0 Å². The zero-order valence-electron chi connectivity index (χ0n) is 26.1. The molecule has 14 atom stereocenters. The van der Waals surface area contributed by atoms with E-state index in [0.29, 0.717) is 25.7 Å². The van der Waals surface area contributed by atoms with E-state index in [-0.39, 0.29) is 71.7 Å². The molecule has 0 bridgehead atoms. The molecule has 6 fully saturated rings. The number of ether oxygens (including phenoxy) is 3. The van der Waals surface area contributed by atoms with Gasteiger partial charge >= 0.3 is 5.97 Å². The van der Waals surface area contributed by atoms with Crippen molar-refractivity contribution >= 4 is 11.9 Å². The first-order valence-electron chi connectivity index (χ1n) is 16.3. The lowest BCUT2D eigenvalue weighted by Crippen LogP contribution is -2.63. The fourth-order valence-electron chi connectivity index (χ4n) is 11.4. The third-order valence-corrected chi connectivity index (χ3v) is 13.5. The highest BCUT2D eigenvalue weighted by Crippen LogP contribution is 2.73. The maximum Gasteiger partial charge on any atom is 0.306 e. The van der Waals surface area contributed by atoms with E-state index in [1.807, 2.05) is 6.92 Å². The molecule has 6 rings (SSSR count). The van der Waals surface area contributed by atoms with Crippen LogP contribution in [0.5, 0.6) is 0 Å². The van der Waals surface area contributed by atoms with Gasteiger partial charge in [-0.1, -0.05) is 20.8 Å². The molecule has 0 aromatic carbocycles. The SMILES string of the molecule is C[C@H]1C[C@]2(O[C@H]3C[C@H]4[C@@H]5CC[C@H]6C[C@H](O)[C@H](OC(=O)CCCC(=O)[O-])C[C@]6(C)[C@H]5[C@@H](O)C[C@]4(C)[C@H]3[C@@]2(C)O)OC1(C)C. The van der Waals surface area contributed by atoms with Crippen molar-refractivity contribution in [2.75, 3.05) is 0 Å². The molecule has 0 radical (unpaired) electrons. The molecule has 2 heterocycles. The molecule has 9 nitrogen and oxygen atoms in total. The predicted octanol–water partition coefficient (Wildman–Crippen LogP) is 2.71. The van der Waals surface area contributed by atoms with Gasteiger partial charge in [0, 0.05) is 24.7 Å². The first-order chi connectivity index (χ1) is 19.4. The second-order valence-corrected chi connectivity index (χ2v) is 16.2. The second-order valence-electron chi connectivity index (χ2n) is 16.2. The molecular formula is C33H51O9-. The van der Waals surface area contributed by atoms with E-state index >= 15 is 0 Å². The number of rotatable bonds is 5. The number of aliphatic hydroxyl groups excluding tert-OH is 2. The molecule has 1 spiro atoms. The van der Waals surface area contributed by atoms with Crippen LogP contribution in [0.4, 0.5) is 0 Å². The molecule has 2 aliphatic heterocycles. The molecule has 0 aromatic rings. The van der Waals surface area contributed by atoms with Gasteiger partial charge in [0.05, 0.1) is 23.9 Å². The normalized spacial score (nSPS) is 54.1. The Balaban J connectivity index is 1.23. The molecule has 4 saturated carbocycles. The monoisotopic (exact) mass is 591 g/mol. The molecule has 3 N–H and O–H groups in total. The Hall–Kier alpha value is -1.26. The van der Waals surface area contributed by atoms with Crippen LogP contribution < -0.4 is 5.11 Å². The summed E-state index contributed by atoms with van der Waals surface area (Å²) in [6.07, 6.45) is 2.61. The first kappa shape index (κ1) is 30.8. The van der Waals surface area contributed by atoms with E-state index < -0.39 is 47.2 Å². The molecule has 6 aliphatic rings. The lowest BCUT2D eigenvalue weighted by atomic mass is 9.43. The van der Waals surface area contributed by atoms with E-state index in [4.69, 9.17) is 14.2 Å². The summed E-state index contributed by atoms with van der Waals surface area (Å²) in [7, 11) is 0. The number of esters is 1.